The van der Waals surface area contributed by atoms with Crippen molar-refractivity contribution >= 4 is 39.7 Å². The van der Waals surface area contributed by atoms with Gasteiger partial charge < -0.3 is 14.3 Å². The molecular weight excluding hydrogens is 450 g/mol. The fourth-order valence-corrected chi connectivity index (χ4v) is 5.10. The molecule has 172 valence electrons. The average molecular weight is 474 g/mol. The Labute approximate surface area is 200 Å². The molecule has 4 aromatic rings. The van der Waals surface area contributed by atoms with Crippen LogP contribution in [0.5, 0.6) is 5.75 Å². The van der Waals surface area contributed by atoms with E-state index in [0.29, 0.717) is 28.3 Å². The summed E-state index contributed by atoms with van der Waals surface area (Å²) in [5, 5.41) is 13.5. The Morgan fingerprint density at radius 1 is 1.12 bits per heavy atom. The number of hydrogen-bond donors (Lipinski definition) is 1. The van der Waals surface area contributed by atoms with Gasteiger partial charge in [0.2, 0.25) is 5.78 Å². The Balaban J connectivity index is 1.61. The lowest BCUT2D eigenvalue weighted by molar-refractivity contribution is -0.117. The summed E-state index contributed by atoms with van der Waals surface area (Å²) in [7, 11) is 1.53. The molecule has 1 atom stereocenters. The molecule has 1 amide bonds. The molecular formula is C27H23NO5S. The number of ether oxygens (including phenoxy) is 1. The number of rotatable bonds is 6. The normalized spacial score (nSPS) is 16.2. The Morgan fingerprint density at radius 3 is 2.53 bits per heavy atom. The predicted octanol–water partition coefficient (Wildman–Crippen LogP) is 6.41. The molecule has 0 saturated heterocycles. The number of fused-ring (bicyclic) bond motifs is 1. The van der Waals surface area contributed by atoms with Crippen molar-refractivity contribution in [3.63, 3.8) is 0 Å². The van der Waals surface area contributed by atoms with Crippen LogP contribution in [0.2, 0.25) is 0 Å². The zero-order chi connectivity index (χ0) is 24.0. The average Bonchev–Trinajstić information content (AvgIpc) is 3.57. The zero-order valence-electron chi connectivity index (χ0n) is 18.9. The fraction of sp³-hybridized carbons (Fsp3) is 0.185. The summed E-state index contributed by atoms with van der Waals surface area (Å²) < 4.78 is 11.2. The van der Waals surface area contributed by atoms with Gasteiger partial charge in [0, 0.05) is 16.0 Å². The highest BCUT2D eigenvalue weighted by atomic mass is 32.1. The lowest BCUT2D eigenvalue weighted by Crippen LogP contribution is -2.30. The van der Waals surface area contributed by atoms with E-state index in [2.05, 4.69) is 13.8 Å². The van der Waals surface area contributed by atoms with E-state index >= 15 is 0 Å². The summed E-state index contributed by atoms with van der Waals surface area (Å²) in [6, 6.07) is 17.5. The first-order valence-electron chi connectivity index (χ1n) is 10.9. The van der Waals surface area contributed by atoms with E-state index in [0.717, 1.165) is 10.4 Å². The molecule has 0 fully saturated rings. The van der Waals surface area contributed by atoms with Gasteiger partial charge in [0.25, 0.3) is 5.91 Å². The molecule has 2 aromatic heterocycles. The van der Waals surface area contributed by atoms with Gasteiger partial charge in [-0.1, -0.05) is 44.2 Å². The molecule has 0 spiro atoms. The summed E-state index contributed by atoms with van der Waals surface area (Å²) in [5.74, 6) is -0.850. The Morgan fingerprint density at radius 2 is 1.88 bits per heavy atom. The van der Waals surface area contributed by atoms with Crippen LogP contribution in [0.4, 0.5) is 5.69 Å². The number of methoxy groups -OCH3 is 1. The Bertz CT molecular complexity index is 1410. The first-order chi connectivity index (χ1) is 16.4. The van der Waals surface area contributed by atoms with Crippen LogP contribution in [0, 0.1) is 0 Å². The number of aliphatic hydroxyl groups is 1. The van der Waals surface area contributed by atoms with E-state index in [4.69, 9.17) is 9.15 Å². The molecule has 2 aromatic carbocycles. The summed E-state index contributed by atoms with van der Waals surface area (Å²) in [6.07, 6.45) is 0. The molecule has 5 rings (SSSR count). The van der Waals surface area contributed by atoms with Gasteiger partial charge in [-0.05, 0) is 47.2 Å². The number of carbonyl (C=O) groups excluding carboxylic acids is 2. The third-order valence-corrected chi connectivity index (χ3v) is 6.98. The second-order valence-electron chi connectivity index (χ2n) is 8.42. The summed E-state index contributed by atoms with van der Waals surface area (Å²) in [5.41, 5.74) is 2.17. The number of Topliss-reactive ketones (excluding diaryl/α,β-unsaturated/α-hetero) is 1. The maximum Gasteiger partial charge on any atom is 0.294 e. The van der Waals surface area contributed by atoms with E-state index in [-0.39, 0.29) is 11.3 Å². The van der Waals surface area contributed by atoms with Gasteiger partial charge in [-0.2, -0.15) is 0 Å². The maximum atomic E-state index is 13.7. The van der Waals surface area contributed by atoms with Crippen molar-refractivity contribution in [1.82, 2.24) is 0 Å². The largest absolute Gasteiger partial charge is 0.503 e. The van der Waals surface area contributed by atoms with Gasteiger partial charge in [0.15, 0.2) is 22.9 Å². The van der Waals surface area contributed by atoms with Crippen molar-refractivity contribution in [3.8, 4) is 5.75 Å². The Hall–Kier alpha value is -3.84. The van der Waals surface area contributed by atoms with Crippen molar-refractivity contribution in [2.45, 2.75) is 25.8 Å². The molecule has 0 saturated carbocycles. The lowest BCUT2D eigenvalue weighted by Gasteiger charge is -2.26. The monoisotopic (exact) mass is 473 g/mol. The van der Waals surface area contributed by atoms with Crippen molar-refractivity contribution in [1.29, 1.82) is 0 Å². The maximum absolute atomic E-state index is 13.7. The highest BCUT2D eigenvalue weighted by Crippen LogP contribution is 2.44. The third kappa shape index (κ3) is 3.49. The molecule has 1 unspecified atom stereocenters. The minimum atomic E-state index is -0.764. The summed E-state index contributed by atoms with van der Waals surface area (Å²) in [4.78, 5) is 29.2. The van der Waals surface area contributed by atoms with Gasteiger partial charge >= 0.3 is 0 Å². The van der Waals surface area contributed by atoms with E-state index in [1.54, 1.807) is 18.2 Å². The first kappa shape index (κ1) is 22.0. The second kappa shape index (κ2) is 8.50. The smallest absolute Gasteiger partial charge is 0.294 e. The minimum absolute atomic E-state index is 0.00147. The molecule has 3 heterocycles. The van der Waals surface area contributed by atoms with Crippen LogP contribution in [0.1, 0.15) is 46.8 Å². The van der Waals surface area contributed by atoms with Gasteiger partial charge in [0.1, 0.15) is 6.04 Å². The van der Waals surface area contributed by atoms with Gasteiger partial charge in [-0.3, -0.25) is 14.5 Å². The highest BCUT2D eigenvalue weighted by molar-refractivity contribution is 7.10. The number of thiophene rings is 1. The third-order valence-electron chi connectivity index (χ3n) is 6.06. The van der Waals surface area contributed by atoms with Gasteiger partial charge in [-0.15, -0.1) is 11.3 Å². The molecule has 1 N–H and O–H groups in total. The lowest BCUT2D eigenvalue weighted by atomic mass is 9.99. The van der Waals surface area contributed by atoms with Crippen molar-refractivity contribution in [2.24, 2.45) is 0 Å². The molecule has 34 heavy (non-hydrogen) atoms. The predicted molar refractivity (Wildman–Crippen MR) is 132 cm³/mol. The van der Waals surface area contributed by atoms with Crippen LogP contribution in [-0.4, -0.2) is 23.9 Å². The minimum Gasteiger partial charge on any atom is -0.503 e. The quantitative estimate of drug-likeness (QED) is 0.327. The SMILES string of the molecule is COc1cccc2cc(C(=O)C3=C(O)C(=O)N(c4ccc(C(C)C)cc4)C3c3cccs3)oc12. The van der Waals surface area contributed by atoms with Crippen LogP contribution >= 0.6 is 11.3 Å². The van der Waals surface area contributed by atoms with E-state index in [9.17, 15) is 14.7 Å². The van der Waals surface area contributed by atoms with Crippen LogP contribution in [0.25, 0.3) is 11.0 Å². The standard InChI is InChI=1S/C27H23NO5S/c1-15(2)16-9-11-18(12-10-16)28-23(21-8-5-13-34-21)22(25(30)27(28)31)24(29)20-14-17-6-4-7-19(32-3)26(17)33-20/h4-15,23,30H,1-3H3. The molecule has 1 aliphatic rings. The van der Waals surface area contributed by atoms with Crippen LogP contribution in [-0.2, 0) is 4.79 Å². The second-order valence-corrected chi connectivity index (χ2v) is 9.40. The van der Waals surface area contributed by atoms with E-state index < -0.39 is 23.5 Å². The number of carbonyl (C=O) groups is 2. The molecule has 0 bridgehead atoms. The molecule has 0 aliphatic carbocycles. The zero-order valence-corrected chi connectivity index (χ0v) is 19.8. The number of nitrogens with zero attached hydrogens (tertiary/aromatic N) is 1. The number of amides is 1. The van der Waals surface area contributed by atoms with Gasteiger partial charge in [0.05, 0.1) is 12.7 Å². The Kier molecular flexibility index (Phi) is 5.49. The van der Waals surface area contributed by atoms with E-state index in [1.807, 2.05) is 47.8 Å². The fourth-order valence-electron chi connectivity index (χ4n) is 4.28. The molecule has 1 aliphatic heterocycles. The number of ketones is 1. The summed E-state index contributed by atoms with van der Waals surface area (Å²) >= 11 is 1.42. The van der Waals surface area contributed by atoms with Crippen LogP contribution in [0.15, 0.2) is 81.8 Å². The molecule has 6 nitrogen and oxygen atoms in total. The van der Waals surface area contributed by atoms with Crippen LogP contribution in [0.3, 0.4) is 0 Å². The highest BCUT2D eigenvalue weighted by Gasteiger charge is 2.45. The topological polar surface area (TPSA) is 80.0 Å². The number of para-hydroxylation sites is 1. The van der Waals surface area contributed by atoms with E-state index in [1.165, 1.54) is 23.3 Å². The van der Waals surface area contributed by atoms with Crippen molar-refractivity contribution in [3.05, 3.63) is 93.6 Å². The van der Waals surface area contributed by atoms with Crippen LogP contribution < -0.4 is 9.64 Å². The number of hydrogen-bond acceptors (Lipinski definition) is 6. The number of benzene rings is 2. The number of aliphatic hydroxyl groups excluding tert-OH is 1. The molecule has 7 heteroatoms. The number of anilines is 1. The van der Waals surface area contributed by atoms with Crippen molar-refractivity contribution in [2.75, 3.05) is 12.0 Å². The summed E-state index contributed by atoms with van der Waals surface area (Å²) in [6.45, 7) is 4.19. The van der Waals surface area contributed by atoms with Gasteiger partial charge in [-0.25, -0.2) is 0 Å². The van der Waals surface area contributed by atoms with Crippen molar-refractivity contribution < 1.29 is 23.8 Å². The molecule has 0 radical (unpaired) electrons. The number of furan rings is 1. The first-order valence-corrected chi connectivity index (χ1v) is 11.8.